The molecule has 2 rings (SSSR count). The summed E-state index contributed by atoms with van der Waals surface area (Å²) in [5, 5.41) is 9.17. The fourth-order valence-electron chi connectivity index (χ4n) is 2.32. The van der Waals surface area contributed by atoms with E-state index in [0.717, 1.165) is 30.0 Å². The van der Waals surface area contributed by atoms with Crippen LogP contribution >= 0.6 is 0 Å². The Morgan fingerprint density at radius 1 is 1.18 bits per heavy atom. The monoisotopic (exact) mass is 295 g/mol. The second-order valence-corrected chi connectivity index (χ2v) is 5.10. The number of nitriles is 1. The zero-order valence-corrected chi connectivity index (χ0v) is 13.6. The predicted molar refractivity (Wildman–Crippen MR) is 90.2 cm³/mol. The van der Waals surface area contributed by atoms with Gasteiger partial charge in [-0.25, -0.2) is 4.99 Å². The maximum atomic E-state index is 9.17. The standard InChI is InChI=1S/C18H21N3O/c1-5-21(6-2)16-9-7-15(8-10-16)12-20-18-17(11-19)13(3)14(4)22-18/h7-10,12H,5-6H2,1-4H3. The molecule has 0 aliphatic heterocycles. The molecule has 4 nitrogen and oxygen atoms in total. The summed E-state index contributed by atoms with van der Waals surface area (Å²) in [6.45, 7) is 9.97. The van der Waals surface area contributed by atoms with Crippen molar-refractivity contribution in [3.05, 3.63) is 46.7 Å². The van der Waals surface area contributed by atoms with Gasteiger partial charge in [0.2, 0.25) is 5.88 Å². The van der Waals surface area contributed by atoms with Crippen LogP contribution in [0.3, 0.4) is 0 Å². The highest BCUT2D eigenvalue weighted by molar-refractivity contribution is 5.82. The van der Waals surface area contributed by atoms with Gasteiger partial charge in [-0.15, -0.1) is 0 Å². The molecule has 114 valence electrons. The van der Waals surface area contributed by atoms with Crippen molar-refractivity contribution in [2.45, 2.75) is 27.7 Å². The molecule has 0 N–H and O–H groups in total. The van der Waals surface area contributed by atoms with Gasteiger partial charge in [-0.3, -0.25) is 0 Å². The molecule has 0 saturated carbocycles. The van der Waals surface area contributed by atoms with Crippen molar-refractivity contribution in [1.29, 1.82) is 5.26 Å². The van der Waals surface area contributed by atoms with Gasteiger partial charge in [0.25, 0.3) is 0 Å². The minimum atomic E-state index is 0.380. The van der Waals surface area contributed by atoms with Crippen LogP contribution in [-0.2, 0) is 0 Å². The Balaban J connectivity index is 2.21. The highest BCUT2D eigenvalue weighted by Crippen LogP contribution is 2.27. The first-order valence-corrected chi connectivity index (χ1v) is 7.49. The lowest BCUT2D eigenvalue weighted by Crippen LogP contribution is -2.21. The predicted octanol–water partition coefficient (Wildman–Crippen LogP) is 4.36. The molecule has 0 spiro atoms. The number of benzene rings is 1. The van der Waals surface area contributed by atoms with E-state index in [2.05, 4.69) is 41.9 Å². The molecule has 0 radical (unpaired) electrons. The Labute approximate surface area is 131 Å². The molecule has 2 aromatic rings. The number of hydrogen-bond acceptors (Lipinski definition) is 4. The molecule has 0 aliphatic rings. The quantitative estimate of drug-likeness (QED) is 0.770. The zero-order valence-electron chi connectivity index (χ0n) is 13.6. The normalized spacial score (nSPS) is 10.9. The van der Waals surface area contributed by atoms with Gasteiger partial charge in [0.1, 0.15) is 17.4 Å². The van der Waals surface area contributed by atoms with E-state index in [9.17, 15) is 5.26 Å². The summed E-state index contributed by atoms with van der Waals surface area (Å²) in [6, 6.07) is 10.3. The molecule has 22 heavy (non-hydrogen) atoms. The number of rotatable bonds is 5. The van der Waals surface area contributed by atoms with Crippen LogP contribution in [0.4, 0.5) is 11.6 Å². The van der Waals surface area contributed by atoms with Gasteiger partial charge in [-0.05, 0) is 45.4 Å². The Kier molecular flexibility index (Phi) is 5.00. The van der Waals surface area contributed by atoms with Crippen LogP contribution in [0.1, 0.15) is 36.3 Å². The first-order chi connectivity index (χ1) is 10.6. The van der Waals surface area contributed by atoms with E-state index >= 15 is 0 Å². The molecule has 4 heteroatoms. The van der Waals surface area contributed by atoms with Crippen LogP contribution in [0, 0.1) is 25.2 Å². The van der Waals surface area contributed by atoms with Crippen molar-refractivity contribution in [2.75, 3.05) is 18.0 Å². The Morgan fingerprint density at radius 3 is 2.36 bits per heavy atom. The highest BCUT2D eigenvalue weighted by atomic mass is 16.4. The lowest BCUT2D eigenvalue weighted by Gasteiger charge is -2.20. The number of furan rings is 1. The number of nitrogens with zero attached hydrogens (tertiary/aromatic N) is 3. The van der Waals surface area contributed by atoms with Gasteiger partial charge in [0, 0.05) is 30.6 Å². The molecule has 0 amide bonds. The molecular formula is C18H21N3O. The van der Waals surface area contributed by atoms with E-state index in [1.54, 1.807) is 6.21 Å². The molecule has 0 aliphatic carbocycles. The van der Waals surface area contributed by atoms with E-state index < -0.39 is 0 Å². The Bertz CT molecular complexity index is 701. The van der Waals surface area contributed by atoms with Crippen LogP contribution in [0.25, 0.3) is 0 Å². The minimum absolute atomic E-state index is 0.380. The lowest BCUT2D eigenvalue weighted by molar-refractivity contribution is 0.542. The van der Waals surface area contributed by atoms with Crippen LogP contribution in [0.15, 0.2) is 33.7 Å². The molecule has 0 bridgehead atoms. The van der Waals surface area contributed by atoms with Crippen molar-refractivity contribution in [3.63, 3.8) is 0 Å². The second-order valence-electron chi connectivity index (χ2n) is 5.10. The molecule has 1 aromatic carbocycles. The van der Waals surface area contributed by atoms with Crippen molar-refractivity contribution in [1.82, 2.24) is 0 Å². The lowest BCUT2D eigenvalue weighted by atomic mass is 10.2. The SMILES string of the molecule is CCN(CC)c1ccc(C=Nc2oc(C)c(C)c2C#N)cc1. The molecule has 0 unspecified atom stereocenters. The fraction of sp³-hybridized carbons (Fsp3) is 0.333. The molecule has 0 atom stereocenters. The average Bonchev–Trinajstić information content (AvgIpc) is 2.82. The van der Waals surface area contributed by atoms with Crippen LogP contribution in [-0.4, -0.2) is 19.3 Å². The number of hydrogen-bond donors (Lipinski definition) is 0. The third kappa shape index (κ3) is 3.20. The maximum absolute atomic E-state index is 9.17. The van der Waals surface area contributed by atoms with Crippen molar-refractivity contribution in [3.8, 4) is 6.07 Å². The summed E-state index contributed by atoms with van der Waals surface area (Å²) in [5.74, 6) is 1.12. The van der Waals surface area contributed by atoms with Crippen molar-refractivity contribution >= 4 is 17.8 Å². The van der Waals surface area contributed by atoms with E-state index in [1.807, 2.05) is 26.0 Å². The van der Waals surface area contributed by atoms with E-state index in [-0.39, 0.29) is 0 Å². The average molecular weight is 295 g/mol. The van der Waals surface area contributed by atoms with Crippen LogP contribution in [0.2, 0.25) is 0 Å². The van der Waals surface area contributed by atoms with Gasteiger partial charge in [-0.2, -0.15) is 5.26 Å². The summed E-state index contributed by atoms with van der Waals surface area (Å²) in [4.78, 5) is 6.60. The Morgan fingerprint density at radius 2 is 1.82 bits per heavy atom. The smallest absolute Gasteiger partial charge is 0.237 e. The van der Waals surface area contributed by atoms with Gasteiger partial charge in [0.05, 0.1) is 0 Å². The third-order valence-corrected chi connectivity index (χ3v) is 3.83. The van der Waals surface area contributed by atoms with E-state index in [4.69, 9.17) is 4.42 Å². The zero-order chi connectivity index (χ0) is 16.1. The fourth-order valence-corrected chi connectivity index (χ4v) is 2.32. The first kappa shape index (κ1) is 15.8. The summed E-state index contributed by atoms with van der Waals surface area (Å²) >= 11 is 0. The minimum Gasteiger partial charge on any atom is -0.442 e. The number of aliphatic imine (C=N–C) groups is 1. The summed E-state index contributed by atoms with van der Waals surface area (Å²) in [5.41, 5.74) is 3.54. The molecular weight excluding hydrogens is 274 g/mol. The molecule has 0 fully saturated rings. The van der Waals surface area contributed by atoms with Gasteiger partial charge < -0.3 is 9.32 Å². The summed E-state index contributed by atoms with van der Waals surface area (Å²) < 4.78 is 5.53. The molecule has 0 saturated heterocycles. The van der Waals surface area contributed by atoms with E-state index in [0.29, 0.717) is 11.4 Å². The number of aryl methyl sites for hydroxylation is 1. The second kappa shape index (κ2) is 6.95. The largest absolute Gasteiger partial charge is 0.442 e. The molecule has 1 aromatic heterocycles. The van der Waals surface area contributed by atoms with Crippen LogP contribution < -0.4 is 4.90 Å². The Hall–Kier alpha value is -2.54. The van der Waals surface area contributed by atoms with Gasteiger partial charge >= 0.3 is 0 Å². The first-order valence-electron chi connectivity index (χ1n) is 7.49. The van der Waals surface area contributed by atoms with Gasteiger partial charge in [-0.1, -0.05) is 12.1 Å². The maximum Gasteiger partial charge on any atom is 0.237 e. The summed E-state index contributed by atoms with van der Waals surface area (Å²) in [6.07, 6.45) is 1.73. The topological polar surface area (TPSA) is 52.5 Å². The third-order valence-electron chi connectivity index (χ3n) is 3.83. The van der Waals surface area contributed by atoms with E-state index in [1.165, 1.54) is 5.69 Å². The molecule has 1 heterocycles. The highest BCUT2D eigenvalue weighted by Gasteiger charge is 2.12. The van der Waals surface area contributed by atoms with Gasteiger partial charge in [0.15, 0.2) is 0 Å². The number of anilines is 1. The van der Waals surface area contributed by atoms with Crippen molar-refractivity contribution in [2.24, 2.45) is 4.99 Å². The van der Waals surface area contributed by atoms with Crippen LogP contribution in [0.5, 0.6) is 0 Å². The summed E-state index contributed by atoms with van der Waals surface area (Å²) in [7, 11) is 0. The van der Waals surface area contributed by atoms with Crippen molar-refractivity contribution < 1.29 is 4.42 Å².